The lowest BCUT2D eigenvalue weighted by atomic mass is 9.85. The number of aromatic nitrogens is 3. The monoisotopic (exact) mass is 274 g/mol. The van der Waals surface area contributed by atoms with Gasteiger partial charge in [0.15, 0.2) is 0 Å². The number of nitrogen functional groups attached to an aromatic ring is 1. The number of benzene rings is 1. The van der Waals surface area contributed by atoms with Crippen molar-refractivity contribution < 1.29 is 15.0 Å². The van der Waals surface area contributed by atoms with Gasteiger partial charge in [0.05, 0.1) is 6.54 Å². The van der Waals surface area contributed by atoms with Crippen molar-refractivity contribution in [3.05, 3.63) is 35.7 Å². The summed E-state index contributed by atoms with van der Waals surface area (Å²) in [6, 6.07) is 6.78. The van der Waals surface area contributed by atoms with Crippen LogP contribution in [0.2, 0.25) is 0 Å². The van der Waals surface area contributed by atoms with Crippen molar-refractivity contribution >= 4 is 11.9 Å². The molecule has 104 valence electrons. The Hall–Kier alpha value is -2.57. The van der Waals surface area contributed by atoms with Crippen molar-refractivity contribution in [1.82, 2.24) is 14.8 Å². The lowest BCUT2D eigenvalue weighted by molar-refractivity contribution is -0.139. The molecule has 0 aliphatic carbocycles. The maximum absolute atomic E-state index is 11.4. The van der Waals surface area contributed by atoms with Gasteiger partial charge in [-0.1, -0.05) is 12.1 Å². The molecule has 2 aromatic rings. The topological polar surface area (TPSA) is 114 Å². The second-order valence-corrected chi connectivity index (χ2v) is 4.93. The number of aromatic hydroxyl groups is 1. The number of phenols is 1. The fraction of sp³-hybridized carbons (Fsp3) is 0.308. The van der Waals surface area contributed by atoms with Crippen LogP contribution in [-0.2, 0) is 11.3 Å². The average Bonchev–Trinajstić information content (AvgIpc) is 2.78. The first kappa shape index (κ1) is 12.5. The van der Waals surface area contributed by atoms with E-state index in [1.54, 1.807) is 28.9 Å². The summed E-state index contributed by atoms with van der Waals surface area (Å²) >= 11 is 0. The molecule has 0 radical (unpaired) electrons. The highest BCUT2D eigenvalue weighted by Crippen LogP contribution is 2.36. The first-order chi connectivity index (χ1) is 9.54. The smallest absolute Gasteiger partial charge is 0.314 e. The normalized spacial score (nSPS) is 21.4. The van der Waals surface area contributed by atoms with Crippen LogP contribution in [0.1, 0.15) is 29.6 Å². The average molecular weight is 274 g/mol. The van der Waals surface area contributed by atoms with Gasteiger partial charge in [0.25, 0.3) is 0 Å². The van der Waals surface area contributed by atoms with Gasteiger partial charge in [-0.05, 0) is 24.1 Å². The van der Waals surface area contributed by atoms with Gasteiger partial charge in [0.1, 0.15) is 17.5 Å². The number of nitrogens with zero attached hydrogens (tertiary/aromatic N) is 3. The van der Waals surface area contributed by atoms with Crippen molar-refractivity contribution in [1.29, 1.82) is 0 Å². The van der Waals surface area contributed by atoms with Crippen LogP contribution < -0.4 is 5.73 Å². The summed E-state index contributed by atoms with van der Waals surface area (Å²) in [5.41, 5.74) is 6.52. The van der Waals surface area contributed by atoms with Crippen LogP contribution in [0.5, 0.6) is 5.75 Å². The Morgan fingerprint density at radius 1 is 1.35 bits per heavy atom. The van der Waals surface area contributed by atoms with Crippen LogP contribution >= 0.6 is 0 Å². The molecular formula is C13H14N4O3. The van der Waals surface area contributed by atoms with E-state index in [0.29, 0.717) is 18.8 Å². The summed E-state index contributed by atoms with van der Waals surface area (Å²) in [5, 5.41) is 22.7. The first-order valence-electron chi connectivity index (χ1n) is 6.26. The zero-order valence-electron chi connectivity index (χ0n) is 10.6. The molecular weight excluding hydrogens is 260 g/mol. The Morgan fingerprint density at radius 2 is 2.05 bits per heavy atom. The van der Waals surface area contributed by atoms with Crippen LogP contribution in [0.15, 0.2) is 24.3 Å². The van der Waals surface area contributed by atoms with E-state index in [0.717, 1.165) is 5.56 Å². The number of fused-ring (bicyclic) bond motifs is 1. The predicted octanol–water partition coefficient (Wildman–Crippen LogP) is 0.922. The number of nitrogens with two attached hydrogens (primary N) is 1. The minimum absolute atomic E-state index is 0.00491. The first-order valence-corrected chi connectivity index (χ1v) is 6.26. The lowest BCUT2D eigenvalue weighted by Crippen LogP contribution is -2.28. The molecule has 1 aliphatic rings. The number of carboxylic acids is 1. The van der Waals surface area contributed by atoms with Crippen molar-refractivity contribution in [3.8, 4) is 5.75 Å². The quantitative estimate of drug-likeness (QED) is 0.750. The number of carbonyl (C=O) groups is 1. The minimum atomic E-state index is -0.929. The van der Waals surface area contributed by atoms with E-state index in [-0.39, 0.29) is 17.6 Å². The van der Waals surface area contributed by atoms with Gasteiger partial charge < -0.3 is 15.9 Å². The van der Waals surface area contributed by atoms with Crippen molar-refractivity contribution in [2.75, 3.05) is 5.73 Å². The summed E-state index contributed by atoms with van der Waals surface area (Å²) in [4.78, 5) is 15.4. The van der Waals surface area contributed by atoms with Crippen LogP contribution in [-0.4, -0.2) is 30.9 Å². The molecule has 0 fully saturated rings. The maximum Gasteiger partial charge on any atom is 0.314 e. The SMILES string of the molecule is Nc1nc2n(n1)CC(c1ccc(O)cc1)CC2C(=O)O. The third-order valence-corrected chi connectivity index (χ3v) is 3.60. The number of anilines is 1. The molecule has 0 amide bonds. The van der Waals surface area contributed by atoms with Gasteiger partial charge in [-0.2, -0.15) is 4.98 Å². The number of phenolic OH excluding ortho intramolecular Hbond substituents is 1. The third-order valence-electron chi connectivity index (χ3n) is 3.60. The van der Waals surface area contributed by atoms with E-state index >= 15 is 0 Å². The van der Waals surface area contributed by atoms with Gasteiger partial charge in [-0.3, -0.25) is 4.79 Å². The van der Waals surface area contributed by atoms with E-state index in [2.05, 4.69) is 10.1 Å². The summed E-state index contributed by atoms with van der Waals surface area (Å²) < 4.78 is 1.56. The lowest BCUT2D eigenvalue weighted by Gasteiger charge is -2.27. The van der Waals surface area contributed by atoms with E-state index in [9.17, 15) is 15.0 Å². The number of carboxylic acid groups (broad SMARTS) is 1. The maximum atomic E-state index is 11.4. The molecule has 1 aromatic carbocycles. The third kappa shape index (κ3) is 2.07. The summed E-state index contributed by atoms with van der Waals surface area (Å²) in [5.74, 6) is -0.951. The largest absolute Gasteiger partial charge is 0.508 e. The second kappa shape index (κ2) is 4.52. The Kier molecular flexibility index (Phi) is 2.81. The van der Waals surface area contributed by atoms with E-state index in [1.165, 1.54) is 0 Å². The highest BCUT2D eigenvalue weighted by Gasteiger charge is 2.35. The standard InChI is InChI=1S/C13H14N4O3/c14-13-15-11-10(12(19)20)5-8(6-17(11)16-13)7-1-3-9(18)4-2-7/h1-4,8,10,18H,5-6H2,(H2,14,16)(H,19,20). The van der Waals surface area contributed by atoms with E-state index < -0.39 is 11.9 Å². The van der Waals surface area contributed by atoms with Crippen molar-refractivity contribution in [2.24, 2.45) is 0 Å². The van der Waals surface area contributed by atoms with Crippen LogP contribution in [0.25, 0.3) is 0 Å². The highest BCUT2D eigenvalue weighted by atomic mass is 16.4. The Morgan fingerprint density at radius 3 is 2.70 bits per heavy atom. The molecule has 20 heavy (non-hydrogen) atoms. The van der Waals surface area contributed by atoms with Gasteiger partial charge in [0, 0.05) is 5.92 Å². The van der Waals surface area contributed by atoms with Crippen LogP contribution in [0, 0.1) is 0 Å². The van der Waals surface area contributed by atoms with Crippen molar-refractivity contribution in [2.45, 2.75) is 24.8 Å². The Labute approximate surface area is 114 Å². The van der Waals surface area contributed by atoms with Gasteiger partial charge >= 0.3 is 5.97 Å². The van der Waals surface area contributed by atoms with Gasteiger partial charge in [-0.25, -0.2) is 4.68 Å². The van der Waals surface area contributed by atoms with Gasteiger partial charge in [0.2, 0.25) is 5.95 Å². The summed E-state index contributed by atoms with van der Waals surface area (Å²) in [7, 11) is 0. The van der Waals surface area contributed by atoms with Crippen LogP contribution in [0.4, 0.5) is 5.95 Å². The summed E-state index contributed by atoms with van der Waals surface area (Å²) in [6.45, 7) is 0.536. The fourth-order valence-electron chi connectivity index (χ4n) is 2.64. The molecule has 0 spiro atoms. The number of hydrogen-bond donors (Lipinski definition) is 3. The molecule has 1 aromatic heterocycles. The van der Waals surface area contributed by atoms with Gasteiger partial charge in [-0.15, -0.1) is 5.10 Å². The zero-order chi connectivity index (χ0) is 14.3. The molecule has 1 aliphatic heterocycles. The Bertz CT molecular complexity index is 650. The second-order valence-electron chi connectivity index (χ2n) is 4.93. The molecule has 2 heterocycles. The fourth-order valence-corrected chi connectivity index (χ4v) is 2.64. The number of hydrogen-bond acceptors (Lipinski definition) is 5. The molecule has 0 saturated carbocycles. The van der Waals surface area contributed by atoms with E-state index in [1.807, 2.05) is 0 Å². The number of aliphatic carboxylic acids is 1. The highest BCUT2D eigenvalue weighted by molar-refractivity contribution is 5.75. The van der Waals surface area contributed by atoms with E-state index in [4.69, 9.17) is 5.73 Å². The molecule has 7 heteroatoms. The van der Waals surface area contributed by atoms with Crippen LogP contribution in [0.3, 0.4) is 0 Å². The predicted molar refractivity (Wildman–Crippen MR) is 70.3 cm³/mol. The summed E-state index contributed by atoms with van der Waals surface area (Å²) in [6.07, 6.45) is 0.443. The molecule has 3 rings (SSSR count). The molecule has 0 bridgehead atoms. The minimum Gasteiger partial charge on any atom is -0.508 e. The zero-order valence-corrected chi connectivity index (χ0v) is 10.6. The number of rotatable bonds is 2. The molecule has 4 N–H and O–H groups in total. The molecule has 2 atom stereocenters. The molecule has 7 nitrogen and oxygen atoms in total. The Balaban J connectivity index is 1.97. The van der Waals surface area contributed by atoms with Crippen molar-refractivity contribution in [3.63, 3.8) is 0 Å². The molecule has 0 saturated heterocycles. The molecule has 2 unspecified atom stereocenters.